The van der Waals surface area contributed by atoms with Crippen molar-refractivity contribution in [2.45, 2.75) is 40.3 Å². The van der Waals surface area contributed by atoms with Crippen molar-refractivity contribution < 1.29 is 9.53 Å². The van der Waals surface area contributed by atoms with E-state index in [1.807, 2.05) is 38.1 Å². The van der Waals surface area contributed by atoms with E-state index in [4.69, 9.17) is 17.0 Å². The fraction of sp³-hybridized carbons (Fsp3) is 0.353. The molecule has 24 heavy (non-hydrogen) atoms. The van der Waals surface area contributed by atoms with Crippen LogP contribution in [0.2, 0.25) is 0 Å². The number of nitrogens with one attached hydrogen (secondary N) is 2. The molecule has 2 aromatic rings. The van der Waals surface area contributed by atoms with Gasteiger partial charge in [0.1, 0.15) is 0 Å². The smallest absolute Gasteiger partial charge is 0.361 e. The Morgan fingerprint density at radius 2 is 2.12 bits per heavy atom. The van der Waals surface area contributed by atoms with Crippen LogP contribution in [0.5, 0.6) is 0 Å². The van der Waals surface area contributed by atoms with Gasteiger partial charge in [0.05, 0.1) is 11.8 Å². The summed E-state index contributed by atoms with van der Waals surface area (Å²) in [6.07, 6.45) is 1.52. The third kappa shape index (κ3) is 4.79. The molecule has 0 atom stereocenters. The highest BCUT2D eigenvalue weighted by Gasteiger charge is 2.20. The molecular formula is C17H22N4O2S. The number of carbonyl (C=O) groups is 1. The van der Waals surface area contributed by atoms with Crippen molar-refractivity contribution in [2.75, 3.05) is 10.6 Å². The van der Waals surface area contributed by atoms with Crippen molar-refractivity contribution in [2.24, 2.45) is 0 Å². The molecule has 1 aromatic carbocycles. The molecule has 2 N–H and O–H groups in total. The number of rotatable bonds is 5. The van der Waals surface area contributed by atoms with Crippen LogP contribution in [-0.2, 0) is 11.3 Å². The minimum atomic E-state index is -0.474. The summed E-state index contributed by atoms with van der Waals surface area (Å²) in [7, 11) is 0. The van der Waals surface area contributed by atoms with E-state index in [0.29, 0.717) is 17.3 Å². The molecule has 0 bridgehead atoms. The minimum absolute atomic E-state index is 0.213. The van der Waals surface area contributed by atoms with Crippen molar-refractivity contribution in [3.8, 4) is 0 Å². The number of carbonyl (C=O) groups excluding carboxylic acids is 1. The van der Waals surface area contributed by atoms with Crippen molar-refractivity contribution in [1.82, 2.24) is 9.78 Å². The van der Waals surface area contributed by atoms with Gasteiger partial charge in [0.2, 0.25) is 0 Å². The largest absolute Gasteiger partial charge is 0.458 e. The van der Waals surface area contributed by atoms with E-state index in [-0.39, 0.29) is 11.8 Å². The normalized spacial score (nSPS) is 10.5. The first-order valence-corrected chi connectivity index (χ1v) is 8.23. The van der Waals surface area contributed by atoms with Crippen LogP contribution in [0, 0.1) is 6.92 Å². The first kappa shape index (κ1) is 17.9. The fourth-order valence-corrected chi connectivity index (χ4v) is 2.33. The number of hydrogen-bond acceptors (Lipinski definition) is 4. The molecule has 1 aromatic heterocycles. The molecule has 128 valence electrons. The van der Waals surface area contributed by atoms with Gasteiger partial charge in [-0.3, -0.25) is 4.68 Å². The Labute approximate surface area is 147 Å². The van der Waals surface area contributed by atoms with E-state index in [1.165, 1.54) is 0 Å². The highest BCUT2D eigenvalue weighted by atomic mass is 32.1. The second-order valence-corrected chi connectivity index (χ2v) is 6.06. The molecule has 0 fully saturated rings. The number of ether oxygens (including phenoxy) is 1. The SMILES string of the molecule is CCn1cc(NC(=S)Nc2cccc(C)c2)c(C(=O)OC(C)C)n1. The molecule has 7 heteroatoms. The molecule has 6 nitrogen and oxygen atoms in total. The Balaban J connectivity index is 2.14. The van der Waals surface area contributed by atoms with Gasteiger partial charge in [-0.25, -0.2) is 4.79 Å². The Kier molecular flexibility index (Phi) is 5.92. The van der Waals surface area contributed by atoms with Crippen LogP contribution in [0.3, 0.4) is 0 Å². The second-order valence-electron chi connectivity index (χ2n) is 5.65. The molecule has 0 aliphatic heterocycles. The Morgan fingerprint density at radius 3 is 2.75 bits per heavy atom. The van der Waals surface area contributed by atoms with E-state index in [9.17, 15) is 4.79 Å². The summed E-state index contributed by atoms with van der Waals surface area (Å²) in [5.41, 5.74) is 2.75. The molecular weight excluding hydrogens is 324 g/mol. The zero-order valence-electron chi connectivity index (χ0n) is 14.3. The number of thiocarbonyl (C=S) groups is 1. The lowest BCUT2D eigenvalue weighted by Crippen LogP contribution is -2.21. The Hall–Kier alpha value is -2.41. The van der Waals surface area contributed by atoms with Crippen LogP contribution in [-0.4, -0.2) is 27.0 Å². The maximum atomic E-state index is 12.2. The van der Waals surface area contributed by atoms with Gasteiger partial charge in [0.15, 0.2) is 10.8 Å². The van der Waals surface area contributed by atoms with E-state index in [2.05, 4.69) is 15.7 Å². The summed E-state index contributed by atoms with van der Waals surface area (Å²) in [4.78, 5) is 12.2. The molecule has 1 heterocycles. The van der Waals surface area contributed by atoms with Gasteiger partial charge < -0.3 is 15.4 Å². The molecule has 0 saturated heterocycles. The van der Waals surface area contributed by atoms with Crippen molar-refractivity contribution in [3.63, 3.8) is 0 Å². The van der Waals surface area contributed by atoms with Crippen molar-refractivity contribution >= 4 is 34.7 Å². The second kappa shape index (κ2) is 7.92. The quantitative estimate of drug-likeness (QED) is 0.637. The van der Waals surface area contributed by atoms with Gasteiger partial charge in [-0.1, -0.05) is 12.1 Å². The maximum Gasteiger partial charge on any atom is 0.361 e. The third-order valence-corrected chi connectivity index (χ3v) is 3.35. The molecule has 0 aliphatic rings. The van der Waals surface area contributed by atoms with Gasteiger partial charge in [0.25, 0.3) is 0 Å². The summed E-state index contributed by atoms with van der Waals surface area (Å²) >= 11 is 5.33. The van der Waals surface area contributed by atoms with Crippen molar-refractivity contribution in [3.05, 3.63) is 41.7 Å². The fourth-order valence-electron chi connectivity index (χ4n) is 2.10. The van der Waals surface area contributed by atoms with E-state index < -0.39 is 5.97 Å². The third-order valence-electron chi connectivity index (χ3n) is 3.15. The summed E-state index contributed by atoms with van der Waals surface area (Å²) in [5.74, 6) is -0.474. The zero-order chi connectivity index (χ0) is 17.7. The summed E-state index contributed by atoms with van der Waals surface area (Å²) in [6.45, 7) is 8.18. The number of benzene rings is 1. The van der Waals surface area contributed by atoms with Crippen LogP contribution in [0.15, 0.2) is 30.5 Å². The predicted molar refractivity (Wildman–Crippen MR) is 99.5 cm³/mol. The van der Waals surface area contributed by atoms with Crippen molar-refractivity contribution in [1.29, 1.82) is 0 Å². The molecule has 2 rings (SSSR count). The number of aryl methyl sites for hydroxylation is 2. The number of aromatic nitrogens is 2. The van der Waals surface area contributed by atoms with Gasteiger partial charge in [-0.15, -0.1) is 0 Å². The molecule has 0 spiro atoms. The number of esters is 1. The van der Waals surface area contributed by atoms with Gasteiger partial charge in [-0.05, 0) is 57.6 Å². The monoisotopic (exact) mass is 346 g/mol. The summed E-state index contributed by atoms with van der Waals surface area (Å²) in [5, 5.41) is 10.8. The maximum absolute atomic E-state index is 12.2. The van der Waals surface area contributed by atoms with Gasteiger partial charge >= 0.3 is 5.97 Å². The van der Waals surface area contributed by atoms with Gasteiger partial charge in [0, 0.05) is 18.4 Å². The predicted octanol–water partition coefficient (Wildman–Crippen LogP) is 3.59. The lowest BCUT2D eigenvalue weighted by atomic mass is 10.2. The lowest BCUT2D eigenvalue weighted by Gasteiger charge is -2.11. The number of anilines is 2. The zero-order valence-corrected chi connectivity index (χ0v) is 15.1. The van der Waals surface area contributed by atoms with E-state index in [0.717, 1.165) is 11.3 Å². The topological polar surface area (TPSA) is 68.2 Å². The lowest BCUT2D eigenvalue weighted by molar-refractivity contribution is 0.0371. The molecule has 0 unspecified atom stereocenters. The number of hydrogen-bond donors (Lipinski definition) is 2. The Morgan fingerprint density at radius 1 is 1.38 bits per heavy atom. The number of nitrogens with zero attached hydrogens (tertiary/aromatic N) is 2. The van der Waals surface area contributed by atoms with Crippen LogP contribution in [0.4, 0.5) is 11.4 Å². The Bertz CT molecular complexity index is 740. The highest BCUT2D eigenvalue weighted by molar-refractivity contribution is 7.80. The van der Waals surface area contributed by atoms with Crippen LogP contribution in [0.1, 0.15) is 36.8 Å². The van der Waals surface area contributed by atoms with Crippen LogP contribution in [0.25, 0.3) is 0 Å². The van der Waals surface area contributed by atoms with Crippen LogP contribution < -0.4 is 10.6 Å². The molecule has 0 radical (unpaired) electrons. The average molecular weight is 346 g/mol. The van der Waals surface area contributed by atoms with Crippen LogP contribution >= 0.6 is 12.2 Å². The molecule has 0 amide bonds. The first-order valence-electron chi connectivity index (χ1n) is 7.82. The summed E-state index contributed by atoms with van der Waals surface area (Å²) in [6, 6.07) is 7.86. The van der Waals surface area contributed by atoms with E-state index in [1.54, 1.807) is 24.7 Å². The highest BCUT2D eigenvalue weighted by Crippen LogP contribution is 2.17. The van der Waals surface area contributed by atoms with Gasteiger partial charge in [-0.2, -0.15) is 5.10 Å². The minimum Gasteiger partial charge on any atom is -0.458 e. The first-order chi connectivity index (χ1) is 11.4. The average Bonchev–Trinajstić information content (AvgIpc) is 2.89. The molecule has 0 aliphatic carbocycles. The molecule has 0 saturated carbocycles. The van der Waals surface area contributed by atoms with E-state index >= 15 is 0 Å². The summed E-state index contributed by atoms with van der Waals surface area (Å²) < 4.78 is 6.89. The standard InChI is InChI=1S/C17H22N4O2S/c1-5-21-10-14(15(20-21)16(22)23-11(2)3)19-17(24)18-13-8-6-7-12(4)9-13/h6-11H,5H2,1-4H3,(H2,18,19,24).